The molecule has 2 amide bonds. The Kier molecular flexibility index (Phi) is 6.02. The van der Waals surface area contributed by atoms with Crippen molar-refractivity contribution in [2.24, 2.45) is 0 Å². The van der Waals surface area contributed by atoms with E-state index in [1.165, 1.54) is 0 Å². The zero-order valence-electron chi connectivity index (χ0n) is 14.4. The Balaban J connectivity index is 1.85. The monoisotopic (exact) mass is 376 g/mol. The molecule has 0 bridgehead atoms. The Bertz CT molecular complexity index is 953. The van der Waals surface area contributed by atoms with Gasteiger partial charge in [0.1, 0.15) is 5.70 Å². The van der Waals surface area contributed by atoms with E-state index in [9.17, 15) is 9.59 Å². The van der Waals surface area contributed by atoms with Crippen molar-refractivity contribution in [1.29, 1.82) is 0 Å². The van der Waals surface area contributed by atoms with Crippen molar-refractivity contribution in [3.63, 3.8) is 0 Å². The highest BCUT2D eigenvalue weighted by molar-refractivity contribution is 6.30. The maximum atomic E-state index is 12.7. The first-order valence-electron chi connectivity index (χ1n) is 8.32. The Labute approximate surface area is 162 Å². The minimum absolute atomic E-state index is 0.144. The van der Waals surface area contributed by atoms with Gasteiger partial charge in [0.05, 0.1) is 0 Å². The zero-order valence-corrected chi connectivity index (χ0v) is 15.1. The van der Waals surface area contributed by atoms with Crippen LogP contribution in [0.15, 0.2) is 90.6 Å². The molecule has 0 unspecified atom stereocenters. The molecule has 0 fully saturated rings. The molecule has 0 aliphatic carbocycles. The Morgan fingerprint density at radius 3 is 2.00 bits per heavy atom. The molecule has 0 aromatic heterocycles. The van der Waals surface area contributed by atoms with E-state index >= 15 is 0 Å². The van der Waals surface area contributed by atoms with Gasteiger partial charge in [-0.1, -0.05) is 60.1 Å². The van der Waals surface area contributed by atoms with Crippen LogP contribution >= 0.6 is 11.6 Å². The van der Waals surface area contributed by atoms with Crippen LogP contribution in [0.2, 0.25) is 5.02 Å². The van der Waals surface area contributed by atoms with Crippen LogP contribution in [0.25, 0.3) is 6.08 Å². The third kappa shape index (κ3) is 5.30. The largest absolute Gasteiger partial charge is 0.321 e. The van der Waals surface area contributed by atoms with E-state index in [1.807, 2.05) is 36.4 Å². The van der Waals surface area contributed by atoms with Gasteiger partial charge in [0.25, 0.3) is 11.8 Å². The maximum Gasteiger partial charge on any atom is 0.272 e. The zero-order chi connectivity index (χ0) is 19.1. The fourth-order valence-electron chi connectivity index (χ4n) is 2.39. The van der Waals surface area contributed by atoms with E-state index in [4.69, 9.17) is 11.6 Å². The van der Waals surface area contributed by atoms with E-state index in [1.54, 1.807) is 54.6 Å². The van der Waals surface area contributed by atoms with E-state index in [-0.39, 0.29) is 11.6 Å². The average Bonchev–Trinajstić information content (AvgIpc) is 2.70. The first-order valence-corrected chi connectivity index (χ1v) is 8.70. The molecule has 0 atom stereocenters. The second kappa shape index (κ2) is 8.83. The molecule has 0 spiro atoms. The van der Waals surface area contributed by atoms with Crippen LogP contribution in [0, 0.1) is 0 Å². The lowest BCUT2D eigenvalue weighted by atomic mass is 10.1. The minimum Gasteiger partial charge on any atom is -0.321 e. The first kappa shape index (κ1) is 18.4. The SMILES string of the molecule is O=C(Nc1ccc(Cl)cc1)C(=Cc1ccccc1)NC(=O)c1ccccc1. The average molecular weight is 377 g/mol. The molecule has 0 aliphatic rings. The maximum absolute atomic E-state index is 12.7. The molecule has 5 heteroatoms. The van der Waals surface area contributed by atoms with Crippen molar-refractivity contribution in [3.8, 4) is 0 Å². The second-order valence-corrected chi connectivity index (χ2v) is 6.19. The van der Waals surface area contributed by atoms with Crippen LogP contribution in [0.4, 0.5) is 5.69 Å². The highest BCUT2D eigenvalue weighted by Crippen LogP contribution is 2.15. The Morgan fingerprint density at radius 1 is 0.778 bits per heavy atom. The van der Waals surface area contributed by atoms with Crippen LogP contribution in [0.3, 0.4) is 0 Å². The summed E-state index contributed by atoms with van der Waals surface area (Å²) in [5.74, 6) is -0.783. The summed E-state index contributed by atoms with van der Waals surface area (Å²) in [5.41, 5.74) is 1.99. The lowest BCUT2D eigenvalue weighted by Gasteiger charge is -2.11. The molecule has 0 radical (unpaired) electrons. The molecule has 3 rings (SSSR count). The van der Waals surface area contributed by atoms with Crippen molar-refractivity contribution < 1.29 is 9.59 Å². The summed E-state index contributed by atoms with van der Waals surface area (Å²) in [6.45, 7) is 0. The van der Waals surface area contributed by atoms with E-state index < -0.39 is 5.91 Å². The third-order valence-corrected chi connectivity index (χ3v) is 3.99. The van der Waals surface area contributed by atoms with E-state index in [2.05, 4.69) is 10.6 Å². The normalized spacial score (nSPS) is 10.9. The van der Waals surface area contributed by atoms with Gasteiger partial charge in [0.15, 0.2) is 0 Å². The lowest BCUT2D eigenvalue weighted by Crippen LogP contribution is -2.30. The Hall–Kier alpha value is -3.37. The predicted molar refractivity (Wildman–Crippen MR) is 108 cm³/mol. The van der Waals surface area contributed by atoms with Crippen molar-refractivity contribution in [3.05, 3.63) is 107 Å². The van der Waals surface area contributed by atoms with Gasteiger partial charge in [0.2, 0.25) is 0 Å². The number of halogens is 1. The van der Waals surface area contributed by atoms with Crippen molar-refractivity contribution in [1.82, 2.24) is 5.32 Å². The lowest BCUT2D eigenvalue weighted by molar-refractivity contribution is -0.113. The molecule has 27 heavy (non-hydrogen) atoms. The highest BCUT2D eigenvalue weighted by Gasteiger charge is 2.15. The van der Waals surface area contributed by atoms with E-state index in [0.29, 0.717) is 16.3 Å². The van der Waals surface area contributed by atoms with Gasteiger partial charge in [-0.05, 0) is 48.0 Å². The number of carbonyl (C=O) groups is 2. The predicted octanol–water partition coefficient (Wildman–Crippen LogP) is 4.75. The molecule has 0 saturated carbocycles. The van der Waals surface area contributed by atoms with Gasteiger partial charge in [-0.25, -0.2) is 0 Å². The first-order chi connectivity index (χ1) is 13.1. The smallest absolute Gasteiger partial charge is 0.272 e. The van der Waals surface area contributed by atoms with Crippen LogP contribution in [-0.2, 0) is 4.79 Å². The van der Waals surface area contributed by atoms with Crippen molar-refractivity contribution in [2.75, 3.05) is 5.32 Å². The van der Waals surface area contributed by atoms with Gasteiger partial charge in [0, 0.05) is 16.3 Å². The minimum atomic E-state index is -0.426. The summed E-state index contributed by atoms with van der Waals surface area (Å²) >= 11 is 5.87. The number of nitrogens with one attached hydrogen (secondary N) is 2. The standard InChI is InChI=1S/C22H17ClN2O2/c23-18-11-13-19(14-12-18)24-22(27)20(15-16-7-3-1-4-8-16)25-21(26)17-9-5-2-6-10-17/h1-15H,(H,24,27)(H,25,26). The van der Waals surface area contributed by atoms with Crippen molar-refractivity contribution >= 4 is 35.2 Å². The number of carbonyl (C=O) groups excluding carboxylic acids is 2. The summed E-state index contributed by atoms with van der Waals surface area (Å²) < 4.78 is 0. The van der Waals surface area contributed by atoms with Crippen LogP contribution < -0.4 is 10.6 Å². The fraction of sp³-hybridized carbons (Fsp3) is 0. The van der Waals surface area contributed by atoms with Crippen LogP contribution in [0.5, 0.6) is 0 Å². The molecule has 4 nitrogen and oxygen atoms in total. The molecule has 3 aromatic rings. The van der Waals surface area contributed by atoms with Gasteiger partial charge >= 0.3 is 0 Å². The number of hydrogen-bond acceptors (Lipinski definition) is 2. The number of benzene rings is 3. The molecule has 3 aromatic carbocycles. The third-order valence-electron chi connectivity index (χ3n) is 3.74. The second-order valence-electron chi connectivity index (χ2n) is 5.75. The fourth-order valence-corrected chi connectivity index (χ4v) is 2.52. The van der Waals surface area contributed by atoms with Crippen LogP contribution in [-0.4, -0.2) is 11.8 Å². The number of hydrogen-bond donors (Lipinski definition) is 2. The summed E-state index contributed by atoms with van der Waals surface area (Å²) in [6.07, 6.45) is 1.63. The number of amides is 2. The summed E-state index contributed by atoms with van der Waals surface area (Å²) in [5, 5.41) is 6.04. The van der Waals surface area contributed by atoms with Gasteiger partial charge in [-0.15, -0.1) is 0 Å². The molecular formula is C22H17ClN2O2. The summed E-state index contributed by atoms with van der Waals surface area (Å²) in [7, 11) is 0. The Morgan fingerprint density at radius 2 is 1.37 bits per heavy atom. The van der Waals surface area contributed by atoms with Crippen molar-refractivity contribution in [2.45, 2.75) is 0 Å². The molecule has 2 N–H and O–H groups in total. The van der Waals surface area contributed by atoms with Crippen LogP contribution in [0.1, 0.15) is 15.9 Å². The number of anilines is 1. The van der Waals surface area contributed by atoms with Gasteiger partial charge in [-0.3, -0.25) is 9.59 Å². The molecule has 134 valence electrons. The summed E-state index contributed by atoms with van der Waals surface area (Å²) in [6, 6.07) is 24.8. The number of rotatable bonds is 5. The molecule has 0 heterocycles. The topological polar surface area (TPSA) is 58.2 Å². The van der Waals surface area contributed by atoms with Gasteiger partial charge in [-0.2, -0.15) is 0 Å². The molecule has 0 saturated heterocycles. The quantitative estimate of drug-likeness (QED) is 0.631. The van der Waals surface area contributed by atoms with E-state index in [0.717, 1.165) is 5.56 Å². The summed E-state index contributed by atoms with van der Waals surface area (Å²) in [4.78, 5) is 25.2. The van der Waals surface area contributed by atoms with Gasteiger partial charge < -0.3 is 10.6 Å². The molecule has 0 aliphatic heterocycles. The highest BCUT2D eigenvalue weighted by atomic mass is 35.5. The molecular weight excluding hydrogens is 360 g/mol.